The van der Waals surface area contributed by atoms with Gasteiger partial charge >= 0.3 is 5.97 Å². The van der Waals surface area contributed by atoms with Crippen LogP contribution >= 0.6 is 0 Å². The molecule has 0 saturated carbocycles. The SMILES string of the molecule is CCOC(=O)c1cc(-n2cccc2)ccc1N1CCCCC1. The lowest BCUT2D eigenvalue weighted by atomic mass is 10.1. The van der Waals surface area contributed by atoms with Gasteiger partial charge in [0.25, 0.3) is 0 Å². The highest BCUT2D eigenvalue weighted by atomic mass is 16.5. The van der Waals surface area contributed by atoms with Gasteiger partial charge in [0.05, 0.1) is 17.9 Å². The van der Waals surface area contributed by atoms with Crippen LogP contribution < -0.4 is 4.90 Å². The molecule has 4 nitrogen and oxygen atoms in total. The van der Waals surface area contributed by atoms with E-state index in [1.807, 2.05) is 48.1 Å². The summed E-state index contributed by atoms with van der Waals surface area (Å²) >= 11 is 0. The second-order valence-corrected chi connectivity index (χ2v) is 5.56. The number of hydrogen-bond acceptors (Lipinski definition) is 3. The third-order valence-corrected chi connectivity index (χ3v) is 4.07. The Hall–Kier alpha value is -2.23. The number of esters is 1. The number of rotatable bonds is 4. The number of anilines is 1. The Balaban J connectivity index is 1.99. The van der Waals surface area contributed by atoms with E-state index in [1.165, 1.54) is 19.3 Å². The highest BCUT2D eigenvalue weighted by Gasteiger charge is 2.20. The van der Waals surface area contributed by atoms with E-state index < -0.39 is 0 Å². The molecule has 4 heteroatoms. The molecule has 0 spiro atoms. The predicted molar refractivity (Wildman–Crippen MR) is 87.8 cm³/mol. The molecule has 1 fully saturated rings. The van der Waals surface area contributed by atoms with Crippen LogP contribution in [0.15, 0.2) is 42.7 Å². The van der Waals surface area contributed by atoms with Gasteiger partial charge in [-0.25, -0.2) is 4.79 Å². The lowest BCUT2D eigenvalue weighted by Crippen LogP contribution is -2.31. The zero-order valence-electron chi connectivity index (χ0n) is 13.0. The summed E-state index contributed by atoms with van der Waals surface area (Å²) in [6, 6.07) is 9.99. The maximum Gasteiger partial charge on any atom is 0.340 e. The molecule has 1 aliphatic rings. The summed E-state index contributed by atoms with van der Waals surface area (Å²) in [7, 11) is 0. The number of nitrogens with zero attached hydrogens (tertiary/aromatic N) is 2. The van der Waals surface area contributed by atoms with Crippen molar-refractivity contribution in [3.05, 3.63) is 48.3 Å². The van der Waals surface area contributed by atoms with Crippen molar-refractivity contribution in [1.82, 2.24) is 4.57 Å². The first-order valence-corrected chi connectivity index (χ1v) is 7.99. The lowest BCUT2D eigenvalue weighted by Gasteiger charge is -2.30. The van der Waals surface area contributed by atoms with Gasteiger partial charge in [-0.15, -0.1) is 0 Å². The zero-order chi connectivity index (χ0) is 15.4. The van der Waals surface area contributed by atoms with Crippen molar-refractivity contribution in [2.24, 2.45) is 0 Å². The summed E-state index contributed by atoms with van der Waals surface area (Å²) in [5.74, 6) is -0.239. The van der Waals surface area contributed by atoms with Crippen LogP contribution in [-0.4, -0.2) is 30.2 Å². The Bertz CT molecular complexity index is 629. The van der Waals surface area contributed by atoms with Crippen molar-refractivity contribution in [3.63, 3.8) is 0 Å². The zero-order valence-corrected chi connectivity index (χ0v) is 13.0. The van der Waals surface area contributed by atoms with Crippen LogP contribution in [0.5, 0.6) is 0 Å². The molecule has 0 unspecified atom stereocenters. The van der Waals surface area contributed by atoms with Crippen molar-refractivity contribution >= 4 is 11.7 Å². The molecule has 1 aromatic carbocycles. The second-order valence-electron chi connectivity index (χ2n) is 5.56. The highest BCUT2D eigenvalue weighted by Crippen LogP contribution is 2.27. The lowest BCUT2D eigenvalue weighted by molar-refractivity contribution is 0.0527. The molecular weight excluding hydrogens is 276 g/mol. The average Bonchev–Trinajstić information content (AvgIpc) is 3.10. The summed E-state index contributed by atoms with van der Waals surface area (Å²) in [6.45, 7) is 4.25. The molecule has 0 amide bonds. The van der Waals surface area contributed by atoms with Crippen LogP contribution in [0.25, 0.3) is 5.69 Å². The molecule has 1 aromatic heterocycles. The molecule has 116 valence electrons. The van der Waals surface area contributed by atoms with Crippen LogP contribution in [0, 0.1) is 0 Å². The van der Waals surface area contributed by atoms with E-state index in [0.717, 1.165) is 24.5 Å². The van der Waals surface area contributed by atoms with Crippen LogP contribution in [0.2, 0.25) is 0 Å². The van der Waals surface area contributed by atoms with Crippen LogP contribution in [0.4, 0.5) is 5.69 Å². The normalized spacial score (nSPS) is 14.9. The monoisotopic (exact) mass is 298 g/mol. The first-order valence-electron chi connectivity index (χ1n) is 7.99. The Morgan fingerprint density at radius 1 is 1.14 bits per heavy atom. The molecule has 0 radical (unpaired) electrons. The summed E-state index contributed by atoms with van der Waals surface area (Å²) in [5, 5.41) is 0. The first-order chi connectivity index (χ1) is 10.8. The van der Waals surface area contributed by atoms with Crippen LogP contribution in [0.3, 0.4) is 0 Å². The first kappa shape index (κ1) is 14.7. The molecule has 2 heterocycles. The van der Waals surface area contributed by atoms with Crippen LogP contribution in [0.1, 0.15) is 36.5 Å². The number of benzene rings is 1. The fraction of sp³-hybridized carbons (Fsp3) is 0.389. The van der Waals surface area contributed by atoms with Gasteiger partial charge in [0.1, 0.15) is 0 Å². The van der Waals surface area contributed by atoms with Gasteiger partial charge in [-0.2, -0.15) is 0 Å². The number of carbonyl (C=O) groups is 1. The predicted octanol–water partition coefficient (Wildman–Crippen LogP) is 3.64. The van der Waals surface area contributed by atoms with E-state index in [1.54, 1.807) is 0 Å². The molecule has 2 aromatic rings. The van der Waals surface area contributed by atoms with Crippen molar-refractivity contribution < 1.29 is 9.53 Å². The number of piperidine rings is 1. The van der Waals surface area contributed by atoms with Gasteiger partial charge in [0.2, 0.25) is 0 Å². The third-order valence-electron chi connectivity index (χ3n) is 4.07. The minimum atomic E-state index is -0.239. The largest absolute Gasteiger partial charge is 0.462 e. The van der Waals surface area contributed by atoms with E-state index in [2.05, 4.69) is 11.0 Å². The number of carbonyl (C=O) groups excluding carboxylic acids is 1. The molecule has 0 aliphatic carbocycles. The fourth-order valence-corrected chi connectivity index (χ4v) is 2.97. The standard InChI is InChI=1S/C18H22N2O2/c1-2-22-18(21)16-14-15(19-10-6-7-11-19)8-9-17(16)20-12-4-3-5-13-20/h6-11,14H,2-5,12-13H2,1H3. The van der Waals surface area contributed by atoms with Crippen molar-refractivity contribution in [1.29, 1.82) is 0 Å². The molecule has 0 atom stereocenters. The molecular formula is C18H22N2O2. The molecule has 1 saturated heterocycles. The Kier molecular flexibility index (Phi) is 4.47. The van der Waals surface area contributed by atoms with Gasteiger partial charge in [-0.3, -0.25) is 0 Å². The summed E-state index contributed by atoms with van der Waals surface area (Å²) in [4.78, 5) is 14.7. The summed E-state index contributed by atoms with van der Waals surface area (Å²) < 4.78 is 7.26. The molecule has 0 bridgehead atoms. The maximum absolute atomic E-state index is 12.4. The van der Waals surface area contributed by atoms with Crippen molar-refractivity contribution in [2.75, 3.05) is 24.6 Å². The van der Waals surface area contributed by atoms with E-state index in [4.69, 9.17) is 4.74 Å². The van der Waals surface area contributed by atoms with Gasteiger partial charge in [-0.1, -0.05) is 0 Å². The van der Waals surface area contributed by atoms with Crippen LogP contribution in [-0.2, 0) is 4.74 Å². The molecule has 3 rings (SSSR count). The Morgan fingerprint density at radius 3 is 2.55 bits per heavy atom. The quantitative estimate of drug-likeness (QED) is 0.808. The maximum atomic E-state index is 12.4. The molecule has 22 heavy (non-hydrogen) atoms. The van der Waals surface area contributed by atoms with Gasteiger partial charge in [0.15, 0.2) is 0 Å². The Morgan fingerprint density at radius 2 is 1.86 bits per heavy atom. The van der Waals surface area contributed by atoms with E-state index in [0.29, 0.717) is 12.2 Å². The smallest absolute Gasteiger partial charge is 0.340 e. The van der Waals surface area contributed by atoms with Gasteiger partial charge < -0.3 is 14.2 Å². The molecule has 0 N–H and O–H groups in total. The van der Waals surface area contributed by atoms with E-state index >= 15 is 0 Å². The van der Waals surface area contributed by atoms with Gasteiger partial charge in [0, 0.05) is 31.2 Å². The highest BCUT2D eigenvalue weighted by molar-refractivity contribution is 5.96. The summed E-state index contributed by atoms with van der Waals surface area (Å²) in [5.41, 5.74) is 2.64. The van der Waals surface area contributed by atoms with Gasteiger partial charge in [-0.05, 0) is 56.5 Å². The molecule has 1 aliphatic heterocycles. The third kappa shape index (κ3) is 3.01. The fourth-order valence-electron chi connectivity index (χ4n) is 2.97. The second kappa shape index (κ2) is 6.69. The van der Waals surface area contributed by atoms with Crippen molar-refractivity contribution in [2.45, 2.75) is 26.2 Å². The minimum Gasteiger partial charge on any atom is -0.462 e. The minimum absolute atomic E-state index is 0.239. The summed E-state index contributed by atoms with van der Waals surface area (Å²) in [6.07, 6.45) is 7.59. The average molecular weight is 298 g/mol. The Labute approximate surface area is 131 Å². The number of hydrogen-bond donors (Lipinski definition) is 0. The van der Waals surface area contributed by atoms with Crippen molar-refractivity contribution in [3.8, 4) is 5.69 Å². The number of aromatic nitrogens is 1. The van der Waals surface area contributed by atoms with E-state index in [-0.39, 0.29) is 5.97 Å². The van der Waals surface area contributed by atoms with E-state index in [9.17, 15) is 4.79 Å². The topological polar surface area (TPSA) is 34.5 Å². The number of ether oxygens (including phenoxy) is 1.